The molecule has 1 aromatic rings. The van der Waals surface area contributed by atoms with E-state index < -0.39 is 6.10 Å². The van der Waals surface area contributed by atoms with Crippen LogP contribution in [-0.4, -0.2) is 30.0 Å². The predicted octanol–water partition coefficient (Wildman–Crippen LogP) is 2.08. The number of aliphatic hydroxyl groups excluding tert-OH is 1. The van der Waals surface area contributed by atoms with E-state index in [4.69, 9.17) is 11.6 Å². The summed E-state index contributed by atoms with van der Waals surface area (Å²) in [5, 5.41) is 13.3. The van der Waals surface area contributed by atoms with Crippen LogP contribution in [0.4, 0.5) is 0 Å². The lowest BCUT2D eigenvalue weighted by Crippen LogP contribution is -2.19. The fourth-order valence-electron chi connectivity index (χ4n) is 1.50. The Kier molecular flexibility index (Phi) is 5.86. The summed E-state index contributed by atoms with van der Waals surface area (Å²) in [4.78, 5) is 12.7. The van der Waals surface area contributed by atoms with Crippen LogP contribution in [0.3, 0.4) is 0 Å². The number of aliphatic hydroxyl groups is 1. The zero-order valence-corrected chi connectivity index (χ0v) is 12.1. The molecule has 0 heterocycles. The van der Waals surface area contributed by atoms with Crippen molar-refractivity contribution in [1.29, 1.82) is 0 Å². The molecule has 5 heteroatoms. The van der Waals surface area contributed by atoms with Gasteiger partial charge in [-0.2, -0.15) is 0 Å². The molecule has 1 rings (SSSR count). The van der Waals surface area contributed by atoms with E-state index >= 15 is 0 Å². The first-order valence-corrected chi connectivity index (χ1v) is 6.33. The third-order valence-electron chi connectivity index (χ3n) is 2.51. The third kappa shape index (κ3) is 5.32. The van der Waals surface area contributed by atoms with Gasteiger partial charge in [0.05, 0.1) is 6.10 Å². The number of hydrogen-bond acceptors (Lipinski definition) is 3. The van der Waals surface area contributed by atoms with Crippen LogP contribution in [0.25, 0.3) is 0 Å². The highest BCUT2D eigenvalue weighted by molar-refractivity contribution is 6.31. The molecule has 0 bridgehead atoms. The van der Waals surface area contributed by atoms with Crippen molar-refractivity contribution in [3.63, 3.8) is 0 Å². The molecule has 1 atom stereocenters. The second-order valence-corrected chi connectivity index (χ2v) is 4.92. The molecule has 0 fully saturated rings. The molecule has 0 saturated heterocycles. The number of benzene rings is 1. The average molecular weight is 283 g/mol. The van der Waals surface area contributed by atoms with Crippen LogP contribution in [0.1, 0.15) is 24.2 Å². The summed E-state index contributed by atoms with van der Waals surface area (Å²) < 4.78 is 0. The highest BCUT2D eigenvalue weighted by atomic mass is 35.5. The molecular weight excluding hydrogens is 264 g/mol. The molecule has 1 aromatic carbocycles. The molecular formula is C14H19ClN2O2. The van der Waals surface area contributed by atoms with Gasteiger partial charge in [0.15, 0.2) is 0 Å². The van der Waals surface area contributed by atoms with E-state index in [-0.39, 0.29) is 5.91 Å². The van der Waals surface area contributed by atoms with Gasteiger partial charge >= 0.3 is 0 Å². The maximum atomic E-state index is 10.9. The fourth-order valence-corrected chi connectivity index (χ4v) is 1.68. The van der Waals surface area contributed by atoms with E-state index in [9.17, 15) is 9.90 Å². The Balaban J connectivity index is 2.85. The van der Waals surface area contributed by atoms with Crippen molar-refractivity contribution in [3.05, 3.63) is 46.6 Å². The molecule has 2 N–H and O–H groups in total. The lowest BCUT2D eigenvalue weighted by Gasteiger charge is -2.12. The molecule has 0 aliphatic heterocycles. The second kappa shape index (κ2) is 7.16. The van der Waals surface area contributed by atoms with Gasteiger partial charge in [-0.3, -0.25) is 4.79 Å². The lowest BCUT2D eigenvalue weighted by atomic mass is 10.1. The van der Waals surface area contributed by atoms with Crippen LogP contribution >= 0.6 is 11.6 Å². The van der Waals surface area contributed by atoms with Crippen LogP contribution in [0.2, 0.25) is 5.02 Å². The van der Waals surface area contributed by atoms with Crippen molar-refractivity contribution in [3.8, 4) is 0 Å². The highest BCUT2D eigenvalue weighted by Crippen LogP contribution is 2.22. The van der Waals surface area contributed by atoms with E-state index in [1.165, 1.54) is 6.92 Å². The first-order chi connectivity index (χ1) is 8.90. The zero-order chi connectivity index (χ0) is 14.4. The van der Waals surface area contributed by atoms with Crippen molar-refractivity contribution in [2.24, 2.45) is 0 Å². The molecule has 0 aliphatic rings. The Morgan fingerprint density at radius 3 is 2.79 bits per heavy atom. The smallest absolute Gasteiger partial charge is 0.217 e. The van der Waals surface area contributed by atoms with Gasteiger partial charge in [0.1, 0.15) is 0 Å². The summed E-state index contributed by atoms with van der Waals surface area (Å²) in [6, 6.07) is 5.29. The zero-order valence-electron chi connectivity index (χ0n) is 11.4. The Labute approximate surface area is 118 Å². The summed E-state index contributed by atoms with van der Waals surface area (Å²) >= 11 is 6.05. The van der Waals surface area contributed by atoms with Gasteiger partial charge in [0.2, 0.25) is 5.91 Å². The molecule has 4 nitrogen and oxygen atoms in total. The summed E-state index contributed by atoms with van der Waals surface area (Å²) in [6.45, 7) is 1.80. The topological polar surface area (TPSA) is 52.6 Å². The molecule has 19 heavy (non-hydrogen) atoms. The molecule has 1 unspecified atom stereocenters. The number of halogens is 1. The first kappa shape index (κ1) is 15.5. The van der Waals surface area contributed by atoms with Crippen LogP contribution in [-0.2, 0) is 11.3 Å². The van der Waals surface area contributed by atoms with Crippen molar-refractivity contribution < 1.29 is 9.90 Å². The number of amides is 1. The number of rotatable bonds is 5. The maximum absolute atomic E-state index is 10.9. The number of carbonyl (C=O) groups excluding carboxylic acids is 1. The van der Waals surface area contributed by atoms with Gasteiger partial charge in [0.25, 0.3) is 0 Å². The number of hydrogen-bond donors (Lipinski definition) is 2. The van der Waals surface area contributed by atoms with Crippen LogP contribution in [0.5, 0.6) is 0 Å². The molecule has 0 aromatic heterocycles. The molecule has 0 saturated carbocycles. The minimum absolute atomic E-state index is 0.116. The van der Waals surface area contributed by atoms with Crippen molar-refractivity contribution in [2.75, 3.05) is 14.1 Å². The second-order valence-electron chi connectivity index (χ2n) is 4.51. The van der Waals surface area contributed by atoms with E-state index in [0.717, 1.165) is 11.1 Å². The molecule has 104 valence electrons. The van der Waals surface area contributed by atoms with Crippen molar-refractivity contribution in [1.82, 2.24) is 10.2 Å². The highest BCUT2D eigenvalue weighted by Gasteiger charge is 2.08. The number of carbonyl (C=O) groups is 1. The summed E-state index contributed by atoms with van der Waals surface area (Å²) in [5.41, 5.74) is 1.52. The monoisotopic (exact) mass is 282 g/mol. The molecule has 0 spiro atoms. The normalized spacial score (nSPS) is 12.5. The van der Waals surface area contributed by atoms with Gasteiger partial charge in [-0.25, -0.2) is 0 Å². The maximum Gasteiger partial charge on any atom is 0.217 e. The Morgan fingerprint density at radius 1 is 1.53 bits per heavy atom. The van der Waals surface area contributed by atoms with Crippen LogP contribution in [0.15, 0.2) is 30.5 Å². The average Bonchev–Trinajstić information content (AvgIpc) is 2.34. The summed E-state index contributed by atoms with van der Waals surface area (Å²) in [7, 11) is 3.76. The summed E-state index contributed by atoms with van der Waals surface area (Å²) in [5.74, 6) is -0.116. The van der Waals surface area contributed by atoms with Gasteiger partial charge in [-0.1, -0.05) is 17.7 Å². The molecule has 1 amide bonds. The first-order valence-electron chi connectivity index (χ1n) is 5.95. The number of nitrogens with zero attached hydrogens (tertiary/aromatic N) is 1. The van der Waals surface area contributed by atoms with Crippen molar-refractivity contribution in [2.45, 2.75) is 19.6 Å². The fraction of sp³-hybridized carbons (Fsp3) is 0.357. The predicted molar refractivity (Wildman–Crippen MR) is 76.8 cm³/mol. The van der Waals surface area contributed by atoms with Crippen molar-refractivity contribution >= 4 is 17.5 Å². The SMILES string of the molecule is CC(=O)NCc1cc(C(O)/C=C/N(C)C)ccc1Cl. The Morgan fingerprint density at radius 2 is 2.21 bits per heavy atom. The minimum atomic E-state index is -0.698. The molecule has 0 radical (unpaired) electrons. The van der Waals surface area contributed by atoms with Crippen LogP contribution < -0.4 is 5.32 Å². The standard InChI is InChI=1S/C14H19ClN2O2/c1-10(18)16-9-12-8-11(4-5-13(12)15)14(19)6-7-17(2)3/h4-8,14,19H,9H2,1-3H3,(H,16,18)/b7-6+. The third-order valence-corrected chi connectivity index (χ3v) is 2.87. The lowest BCUT2D eigenvalue weighted by molar-refractivity contribution is -0.119. The van der Waals surface area contributed by atoms with E-state index in [0.29, 0.717) is 11.6 Å². The van der Waals surface area contributed by atoms with E-state index in [1.54, 1.807) is 30.5 Å². The van der Waals surface area contributed by atoms with Gasteiger partial charge in [-0.05, 0) is 35.5 Å². The minimum Gasteiger partial charge on any atom is -0.384 e. The largest absolute Gasteiger partial charge is 0.384 e. The van der Waals surface area contributed by atoms with Gasteiger partial charge < -0.3 is 15.3 Å². The summed E-state index contributed by atoms with van der Waals surface area (Å²) in [6.07, 6.45) is 2.77. The molecule has 0 aliphatic carbocycles. The van der Waals surface area contributed by atoms with E-state index in [2.05, 4.69) is 5.32 Å². The Hall–Kier alpha value is -1.52. The quantitative estimate of drug-likeness (QED) is 0.869. The van der Waals surface area contributed by atoms with Gasteiger partial charge in [-0.15, -0.1) is 0 Å². The number of nitrogens with one attached hydrogen (secondary N) is 1. The van der Waals surface area contributed by atoms with Gasteiger partial charge in [0, 0.05) is 32.6 Å². The van der Waals surface area contributed by atoms with Crippen LogP contribution in [0, 0.1) is 0 Å². The van der Waals surface area contributed by atoms with E-state index in [1.807, 2.05) is 19.0 Å². The Bertz CT molecular complexity index is 473.